The number of rotatable bonds is 11. The average Bonchev–Trinajstić information content (AvgIpc) is 0.781. The van der Waals surface area contributed by atoms with E-state index in [4.69, 9.17) is 85.6 Å². The Balaban J connectivity index is 0.000000428. The third-order valence-electron chi connectivity index (χ3n) is 18.8. The maximum absolute atomic E-state index is 11.3. The van der Waals surface area contributed by atoms with E-state index in [0.29, 0.717) is 0 Å². The van der Waals surface area contributed by atoms with Crippen molar-refractivity contribution in [1.82, 2.24) is 0 Å². The van der Waals surface area contributed by atoms with Gasteiger partial charge in [-0.2, -0.15) is 0 Å². The van der Waals surface area contributed by atoms with Gasteiger partial charge in [0, 0.05) is 0 Å². The summed E-state index contributed by atoms with van der Waals surface area (Å²) >= 11 is 0. The third-order valence-corrected chi connectivity index (χ3v) is 18.8. The minimum absolute atomic E-state index is 0.667. The first-order valence-electron chi connectivity index (χ1n) is 31.7. The molecule has 23 heterocycles. The predicted molar refractivity (Wildman–Crippen MR) is 297 cm³/mol. The van der Waals surface area contributed by atoms with Gasteiger partial charge in [0.1, 0.15) is 220 Å². The number of ether oxygens (including phenoxy) is 17. The van der Waals surface area contributed by atoms with Gasteiger partial charge in [0.05, 0.1) is 59.5 Å². The molecular weight excluding hydrogens is 1380 g/mol. The molecule has 0 saturated carbocycles. The lowest BCUT2D eigenvalue weighted by Gasteiger charge is -2.50. The van der Waals surface area contributed by atoms with Gasteiger partial charge in [0.25, 0.3) is 0 Å². The quantitative estimate of drug-likeness (QED) is 0.0913. The van der Waals surface area contributed by atoms with Crippen molar-refractivity contribution in [3.63, 3.8) is 0 Å². The van der Waals surface area contributed by atoms with E-state index in [2.05, 4.69) is 0 Å². The van der Waals surface area contributed by atoms with E-state index < -0.39 is 336 Å². The molecule has 46 heteroatoms. The van der Waals surface area contributed by atoms with Gasteiger partial charge in [-0.15, -0.1) is 0 Å². The van der Waals surface area contributed by atoms with Crippen LogP contribution >= 0.6 is 0 Å². The standard InChI is InChI=1S/C42H70O35.C12H22O11/c43-1-8-29-15(50)22(57)36(64-8)72-30-9(2-44)66-38(24(59)17(30)52)74-32-11(4-46)68-40(26(61)19(32)54)76-34-13(6-48)70-42(28(63)21(34)56)77-35-14(7-49)69-41(27(62)20(35)55)75-33-12(5-47)67-39(25(60)18(33)53)73-31-10(3-45)65-37(71-29)23(58)16(31)51;13-1-3-5(15)6(16)9(19)12(22-3)23-10-4(2-14)21-11(20)8(18)7(10)17/h8-63H,1-7H2;3-20H,1-2H2/t8-,9-,10-,11-,12-,13-,14-,15-,16-,17-,18-,19-,20-,21-,22-,23-,24-,25-,26-,27-,28-,29-,30-,31-,32-,33-,34-,35-,36-,37-,38-,39-,40-,41-,42-;/m1./s1. The Morgan fingerprint density at radius 1 is 0.170 bits per heavy atom. The summed E-state index contributed by atoms with van der Waals surface area (Å²) < 4.78 is 94.7. The van der Waals surface area contributed by atoms with Crippen LogP contribution in [0.2, 0.25) is 0 Å². The molecule has 0 radical (unpaired) electrons. The maximum atomic E-state index is 11.3. The Kier molecular flexibility index (Phi) is 29.2. The zero-order chi connectivity index (χ0) is 73.4. The summed E-state index contributed by atoms with van der Waals surface area (Å²) in [6.45, 7) is -8.67. The summed E-state index contributed by atoms with van der Waals surface area (Å²) in [5, 5.41) is 307. The molecule has 0 aliphatic carbocycles. The maximum Gasteiger partial charge on any atom is 0.187 e. The molecule has 45 atom stereocenters. The number of aliphatic hydroxyl groups excluding tert-OH is 29. The van der Waals surface area contributed by atoms with Crippen molar-refractivity contribution in [2.75, 3.05) is 59.5 Å². The molecule has 23 fully saturated rings. The van der Waals surface area contributed by atoms with E-state index in [1.165, 1.54) is 0 Å². The Morgan fingerprint density at radius 2 is 0.380 bits per heavy atom. The second kappa shape index (κ2) is 35.5. The minimum Gasteiger partial charge on any atom is -0.394 e. The van der Waals surface area contributed by atoms with Crippen molar-refractivity contribution in [2.24, 2.45) is 0 Å². The van der Waals surface area contributed by atoms with Crippen LogP contribution < -0.4 is 0 Å². The predicted octanol–water partition coefficient (Wildman–Crippen LogP) is -20.6. The van der Waals surface area contributed by atoms with Gasteiger partial charge in [0.2, 0.25) is 0 Å². The molecule has 100 heavy (non-hydrogen) atoms. The number of hydrogen-bond acceptors (Lipinski definition) is 46. The van der Waals surface area contributed by atoms with Crippen LogP contribution in [0.1, 0.15) is 0 Å². The fourth-order valence-electron chi connectivity index (χ4n) is 13.0. The highest BCUT2D eigenvalue weighted by atomic mass is 16.8. The van der Waals surface area contributed by atoms with Gasteiger partial charge in [-0.1, -0.05) is 0 Å². The van der Waals surface area contributed by atoms with Gasteiger partial charge in [0.15, 0.2) is 56.6 Å². The summed E-state index contributed by atoms with van der Waals surface area (Å²) in [5.74, 6) is 0. The Morgan fingerprint density at radius 3 is 0.580 bits per heavy atom. The molecule has 29 N–H and O–H groups in total. The summed E-state index contributed by atoms with van der Waals surface area (Å²) in [4.78, 5) is 0. The van der Waals surface area contributed by atoms with E-state index in [-0.39, 0.29) is 0 Å². The normalized spacial score (nSPS) is 54.5. The van der Waals surface area contributed by atoms with Crippen molar-refractivity contribution >= 4 is 0 Å². The highest BCUT2D eigenvalue weighted by Crippen LogP contribution is 2.40. The molecule has 584 valence electrons. The SMILES string of the molecule is OCC1OC(OC2C(CO)OC(O)C(O)C2O)C(O)C(O)C1O.OC[C@H]1O[C@@H]2O[C@H]3[C@H](O)[C@@H](O)[C@@H](O[C@H]4[C@H](O)[C@@H](O)[C@@H](O[C@H]5[C@H](O)[C@@H](O)[C@@H](O[C@H]6[C@H](O)[C@@H](O)[C@@H](O[C@H]7[C@H](O)[C@@H](O)[C@@H](O[C@H]8[C@H](O)[C@@H](O)[C@@H](O[C@H]1[C@H](O)[C@H]2O)O[C@@H]8CO)O[C@@H]7CO)O[C@@H]6CO)O[C@@H]5CO)O[C@@H]4CO)O[C@@H]3CO. The van der Waals surface area contributed by atoms with Crippen LogP contribution in [0.5, 0.6) is 0 Å². The van der Waals surface area contributed by atoms with Crippen molar-refractivity contribution in [3.05, 3.63) is 0 Å². The summed E-state index contributed by atoms with van der Waals surface area (Å²) in [6.07, 6.45) is -85.8. The van der Waals surface area contributed by atoms with Crippen LogP contribution in [0.25, 0.3) is 0 Å². The van der Waals surface area contributed by atoms with Gasteiger partial charge < -0.3 is 229 Å². The second-order valence-corrected chi connectivity index (χ2v) is 25.2. The lowest BCUT2D eigenvalue weighted by molar-refractivity contribution is -0.396. The molecule has 23 aliphatic heterocycles. The van der Waals surface area contributed by atoms with Crippen LogP contribution in [-0.2, 0) is 80.5 Å². The molecule has 10 unspecified atom stereocenters. The summed E-state index contributed by atoms with van der Waals surface area (Å²) in [5.41, 5.74) is 0. The summed E-state index contributed by atoms with van der Waals surface area (Å²) in [6, 6.07) is 0. The fourth-order valence-corrected chi connectivity index (χ4v) is 13.0. The molecule has 46 nitrogen and oxygen atoms in total. The lowest BCUT2D eigenvalue weighted by Crippen LogP contribution is -2.68. The first kappa shape index (κ1) is 82.2. The van der Waals surface area contributed by atoms with Crippen LogP contribution in [0.4, 0.5) is 0 Å². The van der Waals surface area contributed by atoms with Crippen LogP contribution in [0.3, 0.4) is 0 Å². The largest absolute Gasteiger partial charge is 0.394 e. The summed E-state index contributed by atoms with van der Waals surface area (Å²) in [7, 11) is 0. The lowest BCUT2D eigenvalue weighted by atomic mass is 9.95. The van der Waals surface area contributed by atoms with E-state index in [1.54, 1.807) is 0 Å². The van der Waals surface area contributed by atoms with Crippen LogP contribution in [0.15, 0.2) is 0 Å². The topological polar surface area (TPSA) is 744 Å². The first-order valence-corrected chi connectivity index (χ1v) is 31.7. The van der Waals surface area contributed by atoms with E-state index in [0.717, 1.165) is 0 Å². The molecule has 0 aromatic rings. The first-order chi connectivity index (χ1) is 47.5. The Bertz CT molecular complexity index is 2090. The highest BCUT2D eigenvalue weighted by Gasteiger charge is 2.60. The van der Waals surface area contributed by atoms with Crippen molar-refractivity contribution < 1.29 is 229 Å². The van der Waals surface area contributed by atoms with Gasteiger partial charge in [-0.25, -0.2) is 0 Å². The zero-order valence-corrected chi connectivity index (χ0v) is 52.3. The van der Waals surface area contributed by atoms with Gasteiger partial charge in [-0.3, -0.25) is 0 Å². The third kappa shape index (κ3) is 16.7. The van der Waals surface area contributed by atoms with Crippen LogP contribution in [0, 0.1) is 0 Å². The molecule has 23 rings (SSSR count). The Hall–Kier alpha value is -1.84. The van der Waals surface area contributed by atoms with Crippen molar-refractivity contribution in [1.29, 1.82) is 0 Å². The zero-order valence-electron chi connectivity index (χ0n) is 52.3. The molecule has 14 bridgehead atoms. The minimum atomic E-state index is -2.21. The average molecular weight is 1480 g/mol. The molecule has 23 aliphatic rings. The molecule has 23 saturated heterocycles. The highest BCUT2D eigenvalue weighted by molar-refractivity contribution is 5.03. The molecule has 0 spiro atoms. The van der Waals surface area contributed by atoms with Crippen LogP contribution in [-0.4, -0.2) is 484 Å². The van der Waals surface area contributed by atoms with Crippen molar-refractivity contribution in [3.8, 4) is 0 Å². The van der Waals surface area contributed by atoms with E-state index in [1.807, 2.05) is 0 Å². The fraction of sp³-hybridized carbons (Fsp3) is 1.00. The molecular formula is C54H92O46. The van der Waals surface area contributed by atoms with E-state index in [9.17, 15) is 143 Å². The smallest absolute Gasteiger partial charge is 0.187 e. The Labute approximate surface area is 563 Å². The number of hydrogen-bond donors (Lipinski definition) is 29. The van der Waals surface area contributed by atoms with E-state index >= 15 is 0 Å². The molecule has 0 amide bonds. The second-order valence-electron chi connectivity index (χ2n) is 25.2. The molecule has 0 aromatic carbocycles. The van der Waals surface area contributed by atoms with Gasteiger partial charge >= 0.3 is 0 Å². The number of aliphatic hydroxyl groups is 29. The van der Waals surface area contributed by atoms with Gasteiger partial charge in [-0.05, 0) is 0 Å². The molecule has 0 aromatic heterocycles. The monoisotopic (exact) mass is 1480 g/mol. The van der Waals surface area contributed by atoms with Crippen molar-refractivity contribution in [2.45, 2.75) is 276 Å².